The highest BCUT2D eigenvalue weighted by Gasteiger charge is 2.38. The first-order chi connectivity index (χ1) is 16.7. The lowest BCUT2D eigenvalue weighted by molar-refractivity contribution is -0.125. The van der Waals surface area contributed by atoms with E-state index < -0.39 is 17.7 Å². The molecule has 0 saturated carbocycles. The van der Waals surface area contributed by atoms with Crippen molar-refractivity contribution in [2.24, 2.45) is 21.9 Å². The summed E-state index contributed by atoms with van der Waals surface area (Å²) in [6.45, 7) is 3.95. The molecule has 2 amide bonds. The van der Waals surface area contributed by atoms with Crippen molar-refractivity contribution in [1.82, 2.24) is 10.2 Å². The summed E-state index contributed by atoms with van der Waals surface area (Å²) in [5.74, 6) is 1.69. The van der Waals surface area contributed by atoms with Crippen molar-refractivity contribution in [1.29, 1.82) is 0 Å². The molecule has 1 unspecified atom stereocenters. The van der Waals surface area contributed by atoms with Gasteiger partial charge in [0, 0.05) is 7.05 Å². The molecular weight excluding hydrogens is 446 g/mol. The third kappa shape index (κ3) is 6.88. The minimum atomic E-state index is -1.09. The van der Waals surface area contributed by atoms with Crippen LogP contribution >= 0.6 is 0 Å². The number of carbonyl (C=O) groups excluding carboxylic acids is 2. The number of nitrogens with two attached hydrogens (primary N) is 1. The van der Waals surface area contributed by atoms with E-state index in [-0.39, 0.29) is 31.6 Å². The van der Waals surface area contributed by atoms with Gasteiger partial charge in [0.05, 0.1) is 48.7 Å². The lowest BCUT2D eigenvalue weighted by Gasteiger charge is -2.28. The molecule has 0 bridgehead atoms. The van der Waals surface area contributed by atoms with Gasteiger partial charge in [-0.2, -0.15) is 10.2 Å². The van der Waals surface area contributed by atoms with Gasteiger partial charge >= 0.3 is 6.09 Å². The topological polar surface area (TPSA) is 119 Å². The van der Waals surface area contributed by atoms with Gasteiger partial charge in [0.2, 0.25) is 5.91 Å². The van der Waals surface area contributed by atoms with Crippen molar-refractivity contribution in [3.8, 4) is 12.3 Å². The molecule has 9 nitrogen and oxygen atoms in total. The van der Waals surface area contributed by atoms with E-state index in [1.54, 1.807) is 20.9 Å². The molecule has 3 rings (SSSR count). The van der Waals surface area contributed by atoms with Gasteiger partial charge in [-0.25, -0.2) is 4.79 Å². The molecule has 9 heteroatoms. The number of terminal acetylenes is 1. The highest BCUT2D eigenvalue weighted by Crippen LogP contribution is 2.27. The molecule has 1 aromatic rings. The number of fused-ring (bicyclic) bond motifs is 1. The molecule has 0 aromatic heterocycles. The van der Waals surface area contributed by atoms with Gasteiger partial charge in [-0.05, 0) is 31.1 Å². The number of hydrogen-bond donors (Lipinski definition) is 2. The molecule has 0 radical (unpaired) electrons. The van der Waals surface area contributed by atoms with Crippen molar-refractivity contribution in [3.05, 3.63) is 59.7 Å². The number of hydrogen-bond acceptors (Lipinski definition) is 7. The predicted octanol–water partition coefficient (Wildman–Crippen LogP) is 2.05. The number of rotatable bonds is 10. The van der Waals surface area contributed by atoms with Gasteiger partial charge < -0.3 is 25.4 Å². The van der Waals surface area contributed by atoms with Gasteiger partial charge in [0.25, 0.3) is 0 Å². The Morgan fingerprint density at radius 1 is 1.26 bits per heavy atom. The number of ether oxygens (including phenoxy) is 2. The molecule has 2 aliphatic rings. The van der Waals surface area contributed by atoms with E-state index in [0.29, 0.717) is 18.0 Å². The summed E-state index contributed by atoms with van der Waals surface area (Å²) < 4.78 is 11.4. The van der Waals surface area contributed by atoms with Crippen molar-refractivity contribution in [2.45, 2.75) is 32.0 Å². The SMILES string of the molecule is C#CCN(C)C(=O)OCC1=CC=CC2=NN=C([C@@H](COCc3ccccc3)NC(=O)C(C)(C)N)C12. The Morgan fingerprint density at radius 2 is 2.00 bits per heavy atom. The van der Waals surface area contributed by atoms with Crippen LogP contribution in [-0.2, 0) is 20.9 Å². The van der Waals surface area contributed by atoms with Gasteiger partial charge in [-0.1, -0.05) is 48.4 Å². The van der Waals surface area contributed by atoms with Crippen LogP contribution in [0.4, 0.5) is 4.79 Å². The van der Waals surface area contributed by atoms with Gasteiger partial charge in [-0.15, -0.1) is 6.42 Å². The summed E-state index contributed by atoms with van der Waals surface area (Å²) in [6, 6.07) is 9.14. The van der Waals surface area contributed by atoms with Gasteiger partial charge in [0.15, 0.2) is 0 Å². The van der Waals surface area contributed by atoms with Gasteiger partial charge in [0.1, 0.15) is 6.61 Å². The first-order valence-electron chi connectivity index (χ1n) is 11.3. The van der Waals surface area contributed by atoms with Gasteiger partial charge in [-0.3, -0.25) is 4.79 Å². The second-order valence-electron chi connectivity index (χ2n) is 8.95. The molecule has 1 aliphatic heterocycles. The lowest BCUT2D eigenvalue weighted by Crippen LogP contribution is -2.56. The maximum Gasteiger partial charge on any atom is 0.410 e. The number of benzene rings is 1. The molecule has 0 fully saturated rings. The fourth-order valence-electron chi connectivity index (χ4n) is 3.53. The molecule has 1 aromatic carbocycles. The fourth-order valence-corrected chi connectivity index (χ4v) is 3.53. The van der Waals surface area contributed by atoms with E-state index in [1.165, 1.54) is 4.90 Å². The first-order valence-corrected chi connectivity index (χ1v) is 11.3. The van der Waals surface area contributed by atoms with Crippen molar-refractivity contribution >= 4 is 23.4 Å². The zero-order valence-corrected chi connectivity index (χ0v) is 20.2. The van der Waals surface area contributed by atoms with Crippen LogP contribution in [0.25, 0.3) is 0 Å². The normalized spacial score (nSPS) is 17.3. The third-order valence-corrected chi connectivity index (χ3v) is 5.47. The molecule has 1 aliphatic carbocycles. The van der Waals surface area contributed by atoms with E-state index in [9.17, 15) is 9.59 Å². The fraction of sp³-hybridized carbons (Fsp3) is 0.385. The third-order valence-electron chi connectivity index (χ3n) is 5.47. The largest absolute Gasteiger partial charge is 0.445 e. The number of allylic oxidation sites excluding steroid dienone is 3. The number of nitrogens with zero attached hydrogens (tertiary/aromatic N) is 3. The Hall–Kier alpha value is -3.74. The molecule has 0 saturated heterocycles. The molecule has 184 valence electrons. The minimum Gasteiger partial charge on any atom is -0.445 e. The van der Waals surface area contributed by atoms with Crippen LogP contribution in [0, 0.1) is 18.3 Å². The van der Waals surface area contributed by atoms with Crippen molar-refractivity contribution in [2.75, 3.05) is 26.8 Å². The van der Waals surface area contributed by atoms with E-state index in [0.717, 1.165) is 11.1 Å². The van der Waals surface area contributed by atoms with Crippen molar-refractivity contribution in [3.63, 3.8) is 0 Å². The summed E-state index contributed by atoms with van der Waals surface area (Å²) in [7, 11) is 1.57. The molecule has 1 heterocycles. The predicted molar refractivity (Wildman–Crippen MR) is 135 cm³/mol. The average molecular weight is 478 g/mol. The smallest absolute Gasteiger partial charge is 0.410 e. The highest BCUT2D eigenvalue weighted by atomic mass is 16.6. The maximum atomic E-state index is 12.8. The minimum absolute atomic E-state index is 0.0225. The summed E-state index contributed by atoms with van der Waals surface area (Å²) in [5, 5.41) is 11.6. The highest BCUT2D eigenvalue weighted by molar-refractivity contribution is 6.20. The second kappa shape index (κ2) is 11.6. The monoisotopic (exact) mass is 477 g/mol. The molecular formula is C26H31N5O4. The Balaban J connectivity index is 1.75. The Labute approximate surface area is 205 Å². The Kier molecular flexibility index (Phi) is 8.58. The lowest BCUT2D eigenvalue weighted by atomic mass is 9.83. The van der Waals surface area contributed by atoms with Crippen LogP contribution in [-0.4, -0.2) is 66.7 Å². The summed E-state index contributed by atoms with van der Waals surface area (Å²) >= 11 is 0. The Bertz CT molecular complexity index is 1090. The zero-order valence-electron chi connectivity index (χ0n) is 20.2. The van der Waals surface area contributed by atoms with Crippen molar-refractivity contribution < 1.29 is 19.1 Å². The maximum absolute atomic E-state index is 12.8. The van der Waals surface area contributed by atoms with E-state index in [4.69, 9.17) is 21.6 Å². The Morgan fingerprint density at radius 3 is 2.69 bits per heavy atom. The van der Waals surface area contributed by atoms with E-state index in [1.807, 2.05) is 48.6 Å². The van der Waals surface area contributed by atoms with E-state index >= 15 is 0 Å². The van der Waals surface area contributed by atoms with Crippen LogP contribution in [0.3, 0.4) is 0 Å². The van der Waals surface area contributed by atoms with Crippen LogP contribution in [0.5, 0.6) is 0 Å². The number of amides is 2. The first kappa shape index (κ1) is 25.9. The molecule has 0 spiro atoms. The van der Waals surface area contributed by atoms with E-state index in [2.05, 4.69) is 21.4 Å². The molecule has 35 heavy (non-hydrogen) atoms. The summed E-state index contributed by atoms with van der Waals surface area (Å²) in [4.78, 5) is 26.3. The zero-order chi connectivity index (χ0) is 25.4. The van der Waals surface area contributed by atoms with Crippen LogP contribution < -0.4 is 11.1 Å². The number of nitrogens with one attached hydrogen (secondary N) is 1. The quantitative estimate of drug-likeness (QED) is 0.500. The average Bonchev–Trinajstić information content (AvgIpc) is 3.26. The summed E-state index contributed by atoms with van der Waals surface area (Å²) in [6.07, 6.45) is 10.3. The molecule has 2 atom stereocenters. The molecule has 3 N–H and O–H groups in total. The second-order valence-corrected chi connectivity index (χ2v) is 8.95. The standard InChI is InChI=1S/C26H31N5O4/c1-5-14-31(4)25(33)35-16-19-12-9-13-20-22(19)23(30-29-20)21(28-24(32)26(2,3)27)17-34-15-18-10-7-6-8-11-18/h1,6-13,21-22H,14-17,27H2,2-4H3,(H,28,32)/t21-,22?/m1/s1. The summed E-state index contributed by atoms with van der Waals surface area (Å²) in [5.41, 5.74) is 7.99. The van der Waals surface area contributed by atoms with Crippen LogP contribution in [0.1, 0.15) is 19.4 Å². The van der Waals surface area contributed by atoms with Crippen LogP contribution in [0.2, 0.25) is 0 Å². The van der Waals surface area contributed by atoms with Crippen LogP contribution in [0.15, 0.2) is 64.3 Å². The number of carbonyl (C=O) groups is 2.